The summed E-state index contributed by atoms with van der Waals surface area (Å²) in [7, 11) is 0. The molecule has 0 spiro atoms. The van der Waals surface area contributed by atoms with Crippen LogP contribution in [0.2, 0.25) is 0 Å². The lowest BCUT2D eigenvalue weighted by molar-refractivity contribution is -0.123. The summed E-state index contributed by atoms with van der Waals surface area (Å²) in [6.07, 6.45) is 2.83. The first-order valence-corrected chi connectivity index (χ1v) is 6.19. The number of amides is 2. The van der Waals surface area contributed by atoms with E-state index in [1.807, 2.05) is 0 Å². The van der Waals surface area contributed by atoms with Gasteiger partial charge in [-0.3, -0.25) is 18.8 Å². The van der Waals surface area contributed by atoms with Crippen molar-refractivity contribution in [1.29, 1.82) is 0 Å². The number of nitrogens with one attached hydrogen (secondary N) is 1. The number of aromatic nitrogens is 2. The van der Waals surface area contributed by atoms with Gasteiger partial charge in [0.2, 0.25) is 5.91 Å². The van der Waals surface area contributed by atoms with Crippen LogP contribution in [0.4, 0.5) is 0 Å². The fourth-order valence-electron chi connectivity index (χ4n) is 2.16. The van der Waals surface area contributed by atoms with Crippen LogP contribution in [-0.4, -0.2) is 45.7 Å². The Morgan fingerprint density at radius 1 is 1.30 bits per heavy atom. The molecule has 20 heavy (non-hydrogen) atoms. The number of hydrogen-bond donors (Lipinski definition) is 1. The maximum Gasteiger partial charge on any atom is 0.270 e. The van der Waals surface area contributed by atoms with E-state index in [9.17, 15) is 14.4 Å². The van der Waals surface area contributed by atoms with Crippen molar-refractivity contribution < 1.29 is 9.59 Å². The normalized spacial score (nSPS) is 15.2. The summed E-state index contributed by atoms with van der Waals surface area (Å²) in [4.78, 5) is 41.3. The lowest BCUT2D eigenvalue weighted by atomic mass is 10.2. The van der Waals surface area contributed by atoms with Crippen molar-refractivity contribution in [2.24, 2.45) is 0 Å². The molecule has 0 aromatic carbocycles. The summed E-state index contributed by atoms with van der Waals surface area (Å²) < 4.78 is 1.32. The van der Waals surface area contributed by atoms with Crippen molar-refractivity contribution >= 4 is 17.5 Å². The van der Waals surface area contributed by atoms with Crippen LogP contribution in [0.1, 0.15) is 10.4 Å². The van der Waals surface area contributed by atoms with Crippen molar-refractivity contribution in [3.05, 3.63) is 46.5 Å². The number of fused-ring (bicyclic) bond motifs is 1. The number of carbonyl (C=O) groups excluding carboxylic acids is 2. The Balaban J connectivity index is 2.01. The Morgan fingerprint density at radius 2 is 2.15 bits per heavy atom. The van der Waals surface area contributed by atoms with Gasteiger partial charge in [0.15, 0.2) is 0 Å². The predicted molar refractivity (Wildman–Crippen MR) is 70.4 cm³/mol. The van der Waals surface area contributed by atoms with Gasteiger partial charge in [-0.1, -0.05) is 6.07 Å². The van der Waals surface area contributed by atoms with Crippen LogP contribution in [0, 0.1) is 0 Å². The topological polar surface area (TPSA) is 83.8 Å². The molecule has 2 amide bonds. The van der Waals surface area contributed by atoms with E-state index in [1.165, 1.54) is 15.5 Å². The van der Waals surface area contributed by atoms with E-state index in [0.717, 1.165) is 0 Å². The SMILES string of the molecule is O=C1CN(C(=O)c2cnc3ccccn3c2=O)CCN1. The standard InChI is InChI=1S/C13H12N4O3/c18-11-8-16(6-4-14-11)12(19)9-7-15-10-3-1-2-5-17(10)13(9)20/h1-3,5,7H,4,6,8H2,(H,14,18). The summed E-state index contributed by atoms with van der Waals surface area (Å²) >= 11 is 0. The third-order valence-electron chi connectivity index (χ3n) is 3.17. The van der Waals surface area contributed by atoms with E-state index in [1.54, 1.807) is 24.4 Å². The largest absolute Gasteiger partial charge is 0.353 e. The highest BCUT2D eigenvalue weighted by Gasteiger charge is 2.24. The van der Waals surface area contributed by atoms with E-state index in [2.05, 4.69) is 10.3 Å². The van der Waals surface area contributed by atoms with Crippen LogP contribution < -0.4 is 10.9 Å². The molecule has 7 heteroatoms. The van der Waals surface area contributed by atoms with Crippen LogP contribution in [0.25, 0.3) is 5.65 Å². The van der Waals surface area contributed by atoms with Crippen molar-refractivity contribution in [3.8, 4) is 0 Å². The maximum atomic E-state index is 12.3. The van der Waals surface area contributed by atoms with Gasteiger partial charge in [0.05, 0.1) is 6.54 Å². The highest BCUT2D eigenvalue weighted by Crippen LogP contribution is 2.03. The van der Waals surface area contributed by atoms with Gasteiger partial charge >= 0.3 is 0 Å². The predicted octanol–water partition coefficient (Wildman–Crippen LogP) is -0.733. The first-order valence-electron chi connectivity index (χ1n) is 6.19. The molecule has 0 saturated carbocycles. The average Bonchev–Trinajstić information content (AvgIpc) is 2.47. The van der Waals surface area contributed by atoms with Gasteiger partial charge in [-0.25, -0.2) is 4.98 Å². The van der Waals surface area contributed by atoms with Gasteiger partial charge in [-0.15, -0.1) is 0 Å². The van der Waals surface area contributed by atoms with Crippen molar-refractivity contribution in [3.63, 3.8) is 0 Å². The highest BCUT2D eigenvalue weighted by molar-refractivity contribution is 5.96. The molecule has 7 nitrogen and oxygen atoms in total. The molecule has 1 saturated heterocycles. The second kappa shape index (κ2) is 4.76. The molecule has 3 rings (SSSR count). The summed E-state index contributed by atoms with van der Waals surface area (Å²) in [5.41, 5.74) is 0.0282. The number of nitrogens with zero attached hydrogens (tertiary/aromatic N) is 3. The molecule has 3 heterocycles. The van der Waals surface area contributed by atoms with E-state index in [0.29, 0.717) is 18.7 Å². The second-order valence-electron chi connectivity index (χ2n) is 4.48. The molecule has 0 bridgehead atoms. The zero-order valence-corrected chi connectivity index (χ0v) is 10.6. The van der Waals surface area contributed by atoms with Gasteiger partial charge in [0, 0.05) is 25.5 Å². The maximum absolute atomic E-state index is 12.3. The molecule has 1 fully saturated rings. The molecule has 102 valence electrons. The molecule has 2 aromatic rings. The van der Waals surface area contributed by atoms with Crippen molar-refractivity contribution in [2.45, 2.75) is 0 Å². The van der Waals surface area contributed by atoms with E-state index in [-0.39, 0.29) is 18.0 Å². The molecule has 0 unspecified atom stereocenters. The lowest BCUT2D eigenvalue weighted by Gasteiger charge is -2.26. The number of rotatable bonds is 1. The molecule has 0 radical (unpaired) electrons. The lowest BCUT2D eigenvalue weighted by Crippen LogP contribution is -2.50. The van der Waals surface area contributed by atoms with E-state index >= 15 is 0 Å². The van der Waals surface area contributed by atoms with Crippen molar-refractivity contribution in [1.82, 2.24) is 19.6 Å². The number of hydrogen-bond acceptors (Lipinski definition) is 4. The minimum Gasteiger partial charge on any atom is -0.353 e. The van der Waals surface area contributed by atoms with Gasteiger partial charge in [-0.05, 0) is 12.1 Å². The average molecular weight is 272 g/mol. The highest BCUT2D eigenvalue weighted by atomic mass is 16.2. The fourth-order valence-corrected chi connectivity index (χ4v) is 2.16. The Hall–Kier alpha value is -2.70. The molecule has 1 aliphatic heterocycles. The Kier molecular flexibility index (Phi) is 2.94. The smallest absolute Gasteiger partial charge is 0.270 e. The quantitative estimate of drug-likeness (QED) is 0.741. The summed E-state index contributed by atoms with van der Waals surface area (Å²) in [5, 5.41) is 2.63. The molecule has 1 N–H and O–H groups in total. The van der Waals surface area contributed by atoms with Crippen molar-refractivity contribution in [2.75, 3.05) is 19.6 Å². The minimum absolute atomic E-state index is 0.0246. The fraction of sp³-hybridized carbons (Fsp3) is 0.231. The molecule has 0 aliphatic carbocycles. The zero-order valence-electron chi connectivity index (χ0n) is 10.6. The Bertz CT molecular complexity index is 753. The van der Waals surface area contributed by atoms with Crippen LogP contribution in [0.3, 0.4) is 0 Å². The molecule has 2 aromatic heterocycles. The van der Waals surface area contributed by atoms with Gasteiger partial charge in [0.1, 0.15) is 11.2 Å². The Labute approximate surface area is 113 Å². The second-order valence-corrected chi connectivity index (χ2v) is 4.48. The number of pyridine rings is 1. The number of carbonyl (C=O) groups is 2. The van der Waals surface area contributed by atoms with Gasteiger partial charge in [0.25, 0.3) is 11.5 Å². The van der Waals surface area contributed by atoms with Crippen LogP contribution in [0.15, 0.2) is 35.4 Å². The van der Waals surface area contributed by atoms with Crippen LogP contribution >= 0.6 is 0 Å². The molecule has 0 atom stereocenters. The van der Waals surface area contributed by atoms with Crippen LogP contribution in [-0.2, 0) is 4.79 Å². The summed E-state index contributed by atoms with van der Waals surface area (Å²) in [6.45, 7) is 0.754. The monoisotopic (exact) mass is 272 g/mol. The third-order valence-corrected chi connectivity index (χ3v) is 3.17. The molecule has 1 aliphatic rings. The first-order chi connectivity index (χ1) is 9.66. The van der Waals surface area contributed by atoms with E-state index in [4.69, 9.17) is 0 Å². The summed E-state index contributed by atoms with van der Waals surface area (Å²) in [5.74, 6) is -0.686. The van der Waals surface area contributed by atoms with E-state index < -0.39 is 11.5 Å². The van der Waals surface area contributed by atoms with Crippen LogP contribution in [0.5, 0.6) is 0 Å². The molecular formula is C13H12N4O3. The minimum atomic E-state index is -0.462. The summed E-state index contributed by atoms with van der Waals surface area (Å²) in [6, 6.07) is 5.14. The molecular weight excluding hydrogens is 260 g/mol. The zero-order chi connectivity index (χ0) is 14.1. The Morgan fingerprint density at radius 3 is 2.95 bits per heavy atom. The first kappa shape index (κ1) is 12.3. The van der Waals surface area contributed by atoms with Gasteiger partial charge < -0.3 is 10.2 Å². The third kappa shape index (κ3) is 2.03. The van der Waals surface area contributed by atoms with Gasteiger partial charge in [-0.2, -0.15) is 0 Å². The number of piperazine rings is 1.